The minimum Gasteiger partial charge on any atom is -0.477 e. The topological polar surface area (TPSA) is 83.6 Å². The number of aromatic carboxylic acids is 1. The number of aromatic nitrogens is 1. The van der Waals surface area contributed by atoms with Gasteiger partial charge in [0.05, 0.1) is 11.6 Å². The number of carbonyl (C=O) groups excluding carboxylic acids is 1. The van der Waals surface area contributed by atoms with Crippen LogP contribution in [0.2, 0.25) is 0 Å². The quantitative estimate of drug-likeness (QED) is 0.934. The number of hydrogen-bond donors (Lipinski definition) is 1. The molecule has 6 heteroatoms. The Morgan fingerprint density at radius 1 is 1.29 bits per heavy atom. The van der Waals surface area contributed by atoms with E-state index in [1.165, 1.54) is 18.3 Å². The number of likely N-dealkylation sites (tertiary alicyclic amines) is 1. The van der Waals surface area contributed by atoms with Crippen molar-refractivity contribution in [2.24, 2.45) is 5.92 Å². The molecule has 2 aromatic heterocycles. The zero-order valence-electron chi connectivity index (χ0n) is 13.7. The van der Waals surface area contributed by atoms with E-state index in [1.807, 2.05) is 19.1 Å². The second kappa shape index (κ2) is 6.47. The summed E-state index contributed by atoms with van der Waals surface area (Å²) >= 11 is 0. The lowest BCUT2D eigenvalue weighted by atomic mass is 9.90. The van der Waals surface area contributed by atoms with Gasteiger partial charge in [0.25, 0.3) is 5.91 Å². The minimum atomic E-state index is -1.11. The van der Waals surface area contributed by atoms with Crippen LogP contribution in [-0.4, -0.2) is 33.4 Å². The number of nitrogens with zero attached hydrogens (tertiary/aromatic N) is 2. The molecular weight excluding hydrogens is 308 g/mol. The highest BCUT2D eigenvalue weighted by molar-refractivity contribution is 5.95. The van der Waals surface area contributed by atoms with Gasteiger partial charge < -0.3 is 14.4 Å². The van der Waals surface area contributed by atoms with Crippen molar-refractivity contribution in [2.45, 2.75) is 32.7 Å². The Hall–Kier alpha value is -2.63. The van der Waals surface area contributed by atoms with Crippen LogP contribution in [0.4, 0.5) is 0 Å². The number of carbonyl (C=O) groups is 2. The summed E-state index contributed by atoms with van der Waals surface area (Å²) in [7, 11) is 0. The lowest BCUT2D eigenvalue weighted by Gasteiger charge is -2.37. The van der Waals surface area contributed by atoms with E-state index in [0.29, 0.717) is 18.0 Å². The number of pyridine rings is 1. The van der Waals surface area contributed by atoms with E-state index >= 15 is 0 Å². The third kappa shape index (κ3) is 3.18. The number of hydrogen-bond acceptors (Lipinski definition) is 4. The molecule has 1 fully saturated rings. The zero-order valence-corrected chi connectivity index (χ0v) is 13.7. The summed E-state index contributed by atoms with van der Waals surface area (Å²) in [6.45, 7) is 4.70. The van der Waals surface area contributed by atoms with Crippen LogP contribution in [0.15, 0.2) is 34.9 Å². The third-order valence-electron chi connectivity index (χ3n) is 4.44. The molecule has 0 bridgehead atoms. The van der Waals surface area contributed by atoms with E-state index in [9.17, 15) is 9.59 Å². The average molecular weight is 328 g/mol. The number of amides is 1. The highest BCUT2D eigenvalue weighted by Crippen LogP contribution is 2.35. The lowest BCUT2D eigenvalue weighted by Crippen LogP contribution is -2.40. The van der Waals surface area contributed by atoms with Crippen molar-refractivity contribution >= 4 is 11.9 Å². The predicted octanol–water partition coefficient (Wildman–Crippen LogP) is 3.29. The van der Waals surface area contributed by atoms with E-state index in [0.717, 1.165) is 24.4 Å². The van der Waals surface area contributed by atoms with Gasteiger partial charge in [-0.3, -0.25) is 4.79 Å². The highest BCUT2D eigenvalue weighted by Gasteiger charge is 2.33. The van der Waals surface area contributed by atoms with Crippen molar-refractivity contribution in [3.05, 3.63) is 53.2 Å². The van der Waals surface area contributed by atoms with Crippen LogP contribution in [0.25, 0.3) is 0 Å². The Morgan fingerprint density at radius 3 is 2.67 bits per heavy atom. The fourth-order valence-electron chi connectivity index (χ4n) is 3.10. The molecule has 0 saturated carbocycles. The summed E-state index contributed by atoms with van der Waals surface area (Å²) in [5, 5.41) is 8.91. The zero-order chi connectivity index (χ0) is 17.3. The first-order valence-corrected chi connectivity index (χ1v) is 8.02. The Labute approximate surface area is 140 Å². The Balaban J connectivity index is 1.87. The molecule has 3 rings (SSSR count). The summed E-state index contributed by atoms with van der Waals surface area (Å²) in [5.74, 6) is 0.873. The van der Waals surface area contributed by atoms with Crippen molar-refractivity contribution in [3.63, 3.8) is 0 Å². The first-order valence-electron chi connectivity index (χ1n) is 8.02. The second-order valence-electron chi connectivity index (χ2n) is 6.33. The van der Waals surface area contributed by atoms with Gasteiger partial charge >= 0.3 is 5.97 Å². The summed E-state index contributed by atoms with van der Waals surface area (Å²) in [6.07, 6.45) is 3.11. The molecule has 1 amide bonds. The van der Waals surface area contributed by atoms with Gasteiger partial charge in [0, 0.05) is 12.7 Å². The molecule has 3 heterocycles. The Morgan fingerprint density at radius 2 is 2.08 bits per heavy atom. The molecule has 6 nitrogen and oxygen atoms in total. The monoisotopic (exact) mass is 328 g/mol. The van der Waals surface area contributed by atoms with Crippen molar-refractivity contribution in [1.29, 1.82) is 0 Å². The first-order chi connectivity index (χ1) is 11.5. The van der Waals surface area contributed by atoms with E-state index < -0.39 is 5.97 Å². The van der Waals surface area contributed by atoms with Gasteiger partial charge in [0.2, 0.25) is 0 Å². The lowest BCUT2D eigenvalue weighted by molar-refractivity contribution is 0.0517. The van der Waals surface area contributed by atoms with Crippen LogP contribution < -0.4 is 0 Å². The first kappa shape index (κ1) is 16.2. The minimum absolute atomic E-state index is 0.0722. The van der Waals surface area contributed by atoms with Gasteiger partial charge in [-0.05, 0) is 49.9 Å². The maximum absolute atomic E-state index is 12.9. The van der Waals surface area contributed by atoms with E-state index in [1.54, 1.807) is 4.90 Å². The molecule has 1 aliphatic heterocycles. The standard InChI is InChI=1S/C18H20N2O4/c1-11-7-8-20(15(9-11)16-6-3-12(2)24-16)17(21)13-4-5-14(18(22)23)19-10-13/h3-6,10-11,15H,7-9H2,1-2H3,(H,22,23). The smallest absolute Gasteiger partial charge is 0.354 e. The van der Waals surface area contributed by atoms with Gasteiger partial charge in [-0.15, -0.1) is 0 Å². The third-order valence-corrected chi connectivity index (χ3v) is 4.44. The highest BCUT2D eigenvalue weighted by atomic mass is 16.4. The molecule has 0 aliphatic carbocycles. The molecule has 1 N–H and O–H groups in total. The van der Waals surface area contributed by atoms with Gasteiger partial charge in [0.1, 0.15) is 17.2 Å². The molecule has 1 aliphatic rings. The van der Waals surface area contributed by atoms with E-state index in [2.05, 4.69) is 11.9 Å². The molecule has 0 aromatic carbocycles. The number of furan rings is 1. The van der Waals surface area contributed by atoms with Crippen molar-refractivity contribution < 1.29 is 19.1 Å². The number of carboxylic acids is 1. The van der Waals surface area contributed by atoms with Crippen LogP contribution in [0.1, 0.15) is 58.2 Å². The number of carboxylic acid groups (broad SMARTS) is 1. The second-order valence-corrected chi connectivity index (χ2v) is 6.33. The van der Waals surface area contributed by atoms with Gasteiger partial charge in [0.15, 0.2) is 0 Å². The molecule has 0 spiro atoms. The fourth-order valence-corrected chi connectivity index (χ4v) is 3.10. The molecule has 2 unspecified atom stereocenters. The molecule has 0 radical (unpaired) electrons. The normalized spacial score (nSPS) is 20.8. The van der Waals surface area contributed by atoms with Crippen LogP contribution in [0.5, 0.6) is 0 Å². The largest absolute Gasteiger partial charge is 0.477 e. The van der Waals surface area contributed by atoms with Crippen LogP contribution in [0.3, 0.4) is 0 Å². The SMILES string of the molecule is Cc1ccc(C2CC(C)CCN2C(=O)c2ccc(C(=O)O)nc2)o1. The maximum Gasteiger partial charge on any atom is 0.354 e. The molecule has 1 saturated heterocycles. The number of aryl methyl sites for hydroxylation is 1. The average Bonchev–Trinajstić information content (AvgIpc) is 3.00. The van der Waals surface area contributed by atoms with Crippen LogP contribution >= 0.6 is 0 Å². The van der Waals surface area contributed by atoms with E-state index in [4.69, 9.17) is 9.52 Å². The number of rotatable bonds is 3. The summed E-state index contributed by atoms with van der Waals surface area (Å²) in [5.41, 5.74) is 0.319. The summed E-state index contributed by atoms with van der Waals surface area (Å²) in [4.78, 5) is 29.4. The fraction of sp³-hybridized carbons (Fsp3) is 0.389. The predicted molar refractivity (Wildman–Crippen MR) is 86.8 cm³/mol. The maximum atomic E-state index is 12.9. The van der Waals surface area contributed by atoms with Gasteiger partial charge in [-0.25, -0.2) is 9.78 Å². The molecule has 2 aromatic rings. The van der Waals surface area contributed by atoms with Gasteiger partial charge in [-0.1, -0.05) is 6.92 Å². The Bertz CT molecular complexity index is 751. The molecule has 126 valence electrons. The van der Waals surface area contributed by atoms with Gasteiger partial charge in [-0.2, -0.15) is 0 Å². The summed E-state index contributed by atoms with van der Waals surface area (Å²) < 4.78 is 5.75. The van der Waals surface area contributed by atoms with Crippen molar-refractivity contribution in [3.8, 4) is 0 Å². The molecule has 2 atom stereocenters. The summed E-state index contributed by atoms with van der Waals surface area (Å²) in [6, 6.07) is 6.59. The van der Waals surface area contributed by atoms with Crippen LogP contribution in [0, 0.1) is 12.8 Å². The molecule has 24 heavy (non-hydrogen) atoms. The van der Waals surface area contributed by atoms with Crippen molar-refractivity contribution in [2.75, 3.05) is 6.54 Å². The van der Waals surface area contributed by atoms with Crippen molar-refractivity contribution in [1.82, 2.24) is 9.88 Å². The van der Waals surface area contributed by atoms with Crippen LogP contribution in [-0.2, 0) is 0 Å². The molecular formula is C18H20N2O4. The van der Waals surface area contributed by atoms with E-state index in [-0.39, 0.29) is 17.6 Å². The Kier molecular flexibility index (Phi) is 4.38. The number of piperidine rings is 1.